The van der Waals surface area contributed by atoms with Crippen molar-refractivity contribution < 1.29 is 14.3 Å². The smallest absolute Gasteiger partial charge is 0.248 e. The second kappa shape index (κ2) is 7.27. The number of methoxy groups -OCH3 is 1. The lowest BCUT2D eigenvalue weighted by atomic mass is 9.99. The van der Waals surface area contributed by atoms with Crippen LogP contribution in [0.4, 0.5) is 0 Å². The van der Waals surface area contributed by atoms with Gasteiger partial charge < -0.3 is 15.0 Å². The summed E-state index contributed by atoms with van der Waals surface area (Å²) < 4.78 is 4.87. The third kappa shape index (κ3) is 4.34. The van der Waals surface area contributed by atoms with Gasteiger partial charge in [0.15, 0.2) is 0 Å². The molecule has 98 valence electrons. The summed E-state index contributed by atoms with van der Waals surface area (Å²) in [5.74, 6) is 0.0103. The zero-order valence-electron chi connectivity index (χ0n) is 10.7. The molecule has 1 fully saturated rings. The highest BCUT2D eigenvalue weighted by atomic mass is 16.5. The van der Waals surface area contributed by atoms with Crippen molar-refractivity contribution in [3.63, 3.8) is 0 Å². The molecule has 1 heterocycles. The van der Waals surface area contributed by atoms with Crippen molar-refractivity contribution in [3.8, 4) is 0 Å². The van der Waals surface area contributed by atoms with Gasteiger partial charge in [-0.15, -0.1) is 0 Å². The number of carbonyl (C=O) groups is 2. The van der Waals surface area contributed by atoms with E-state index in [0.717, 1.165) is 25.8 Å². The predicted octanol–water partition coefficient (Wildman–Crippen LogP) is 0.540. The minimum Gasteiger partial charge on any atom is -0.375 e. The van der Waals surface area contributed by atoms with Crippen LogP contribution in [0.5, 0.6) is 0 Å². The molecule has 5 nitrogen and oxygen atoms in total. The highest BCUT2D eigenvalue weighted by Crippen LogP contribution is 2.19. The van der Waals surface area contributed by atoms with Crippen LogP contribution in [0.1, 0.15) is 32.6 Å². The molecule has 1 aliphatic rings. The Bertz CT molecular complexity index is 268. The monoisotopic (exact) mass is 242 g/mol. The van der Waals surface area contributed by atoms with Crippen LogP contribution in [0, 0.1) is 0 Å². The predicted molar refractivity (Wildman–Crippen MR) is 64.5 cm³/mol. The van der Waals surface area contributed by atoms with Crippen LogP contribution < -0.4 is 5.32 Å². The molecule has 1 aliphatic heterocycles. The molecule has 1 rings (SSSR count). The van der Waals surface area contributed by atoms with Gasteiger partial charge in [0, 0.05) is 32.7 Å². The molecule has 0 aromatic rings. The largest absolute Gasteiger partial charge is 0.375 e. The van der Waals surface area contributed by atoms with Gasteiger partial charge in [-0.05, 0) is 26.2 Å². The van der Waals surface area contributed by atoms with E-state index < -0.39 is 0 Å². The number of hydrogen-bond donors (Lipinski definition) is 1. The van der Waals surface area contributed by atoms with Gasteiger partial charge in [0.05, 0.1) is 0 Å². The maximum absolute atomic E-state index is 11.8. The van der Waals surface area contributed by atoms with Crippen LogP contribution >= 0.6 is 0 Å². The molecule has 1 N–H and O–H groups in total. The lowest BCUT2D eigenvalue weighted by Crippen LogP contribution is -2.47. The SMILES string of the molecule is CCNC(=O)C[C@@H]1CCCCN1C(=O)COC. The minimum absolute atomic E-state index is 0.0125. The summed E-state index contributed by atoms with van der Waals surface area (Å²) in [5, 5.41) is 2.78. The maximum atomic E-state index is 11.8. The number of nitrogens with one attached hydrogen (secondary N) is 1. The standard InChI is InChI=1S/C12H22N2O3/c1-3-13-11(15)8-10-6-4-5-7-14(10)12(16)9-17-2/h10H,3-9H2,1-2H3,(H,13,15)/t10-/m0/s1. The first-order chi connectivity index (χ1) is 8.19. The van der Waals surface area contributed by atoms with E-state index >= 15 is 0 Å². The average Bonchev–Trinajstić information content (AvgIpc) is 2.30. The number of ether oxygens (including phenoxy) is 1. The van der Waals surface area contributed by atoms with Crippen molar-refractivity contribution in [2.75, 3.05) is 26.8 Å². The van der Waals surface area contributed by atoms with E-state index in [1.54, 1.807) is 4.90 Å². The van der Waals surface area contributed by atoms with Gasteiger partial charge in [0.2, 0.25) is 11.8 Å². The molecular weight excluding hydrogens is 220 g/mol. The van der Waals surface area contributed by atoms with Crippen molar-refractivity contribution in [1.82, 2.24) is 10.2 Å². The van der Waals surface area contributed by atoms with Gasteiger partial charge in [-0.3, -0.25) is 9.59 Å². The summed E-state index contributed by atoms with van der Waals surface area (Å²) in [5.41, 5.74) is 0. The molecule has 17 heavy (non-hydrogen) atoms. The van der Waals surface area contributed by atoms with Gasteiger partial charge in [-0.25, -0.2) is 0 Å². The van der Waals surface area contributed by atoms with Gasteiger partial charge >= 0.3 is 0 Å². The Hall–Kier alpha value is -1.10. The molecule has 0 spiro atoms. The fourth-order valence-electron chi connectivity index (χ4n) is 2.23. The van der Waals surface area contributed by atoms with Gasteiger partial charge in [-0.1, -0.05) is 0 Å². The summed E-state index contributed by atoms with van der Waals surface area (Å²) in [6, 6.07) is 0.0398. The summed E-state index contributed by atoms with van der Waals surface area (Å²) in [6.07, 6.45) is 3.41. The first-order valence-electron chi connectivity index (χ1n) is 6.24. The summed E-state index contributed by atoms with van der Waals surface area (Å²) in [4.78, 5) is 25.2. The van der Waals surface area contributed by atoms with Crippen LogP contribution in [0.15, 0.2) is 0 Å². The Kier molecular flexibility index (Phi) is 5.97. The van der Waals surface area contributed by atoms with E-state index in [1.807, 2.05) is 6.92 Å². The fourth-order valence-corrected chi connectivity index (χ4v) is 2.23. The molecule has 1 saturated heterocycles. The molecule has 5 heteroatoms. The molecular formula is C12H22N2O3. The molecule has 0 aromatic heterocycles. The van der Waals surface area contributed by atoms with E-state index in [9.17, 15) is 9.59 Å². The Morgan fingerprint density at radius 3 is 2.82 bits per heavy atom. The summed E-state index contributed by atoms with van der Waals surface area (Å²) in [7, 11) is 1.51. The highest BCUT2D eigenvalue weighted by molar-refractivity contribution is 5.80. The Morgan fingerprint density at radius 1 is 1.41 bits per heavy atom. The molecule has 0 aliphatic carbocycles. The normalized spacial score (nSPS) is 20.1. The number of nitrogens with zero attached hydrogens (tertiary/aromatic N) is 1. The van der Waals surface area contributed by atoms with Gasteiger partial charge in [-0.2, -0.15) is 0 Å². The molecule has 0 bridgehead atoms. The molecule has 0 radical (unpaired) electrons. The molecule has 2 amide bonds. The highest BCUT2D eigenvalue weighted by Gasteiger charge is 2.27. The Balaban J connectivity index is 2.53. The Labute approximate surface area is 102 Å². The van der Waals surface area contributed by atoms with Crippen molar-refractivity contribution in [2.24, 2.45) is 0 Å². The van der Waals surface area contributed by atoms with Crippen LogP contribution in [0.2, 0.25) is 0 Å². The summed E-state index contributed by atoms with van der Waals surface area (Å²) in [6.45, 7) is 3.38. The number of piperidine rings is 1. The van der Waals surface area contributed by atoms with Crippen LogP contribution in [-0.4, -0.2) is 49.6 Å². The van der Waals surface area contributed by atoms with E-state index in [0.29, 0.717) is 13.0 Å². The van der Waals surface area contributed by atoms with Crippen LogP contribution in [0.25, 0.3) is 0 Å². The van der Waals surface area contributed by atoms with Crippen molar-refractivity contribution in [2.45, 2.75) is 38.6 Å². The average molecular weight is 242 g/mol. The quantitative estimate of drug-likeness (QED) is 0.765. The number of carbonyl (C=O) groups excluding carboxylic acids is 2. The number of amides is 2. The number of hydrogen-bond acceptors (Lipinski definition) is 3. The first kappa shape index (κ1) is 14.0. The number of likely N-dealkylation sites (tertiary alicyclic amines) is 1. The van der Waals surface area contributed by atoms with Gasteiger partial charge in [0.1, 0.15) is 6.61 Å². The van der Waals surface area contributed by atoms with Crippen LogP contribution in [0.3, 0.4) is 0 Å². The molecule has 0 aromatic carbocycles. The third-order valence-corrected chi connectivity index (χ3v) is 3.01. The fraction of sp³-hybridized carbons (Fsp3) is 0.833. The van der Waals surface area contributed by atoms with E-state index in [-0.39, 0.29) is 24.5 Å². The Morgan fingerprint density at radius 2 is 2.18 bits per heavy atom. The minimum atomic E-state index is -0.0125. The lowest BCUT2D eigenvalue weighted by Gasteiger charge is -2.35. The zero-order chi connectivity index (χ0) is 12.7. The second-order valence-electron chi connectivity index (χ2n) is 4.33. The molecule has 1 atom stereocenters. The van der Waals surface area contributed by atoms with Crippen LogP contribution in [-0.2, 0) is 14.3 Å². The van der Waals surface area contributed by atoms with E-state index in [2.05, 4.69) is 5.32 Å². The van der Waals surface area contributed by atoms with Crippen molar-refractivity contribution in [1.29, 1.82) is 0 Å². The van der Waals surface area contributed by atoms with Crippen molar-refractivity contribution in [3.05, 3.63) is 0 Å². The van der Waals surface area contributed by atoms with Crippen molar-refractivity contribution >= 4 is 11.8 Å². The summed E-state index contributed by atoms with van der Waals surface area (Å²) >= 11 is 0. The topological polar surface area (TPSA) is 58.6 Å². The maximum Gasteiger partial charge on any atom is 0.248 e. The lowest BCUT2D eigenvalue weighted by molar-refractivity contribution is -0.139. The first-order valence-corrected chi connectivity index (χ1v) is 6.24. The van der Waals surface area contributed by atoms with E-state index in [4.69, 9.17) is 4.74 Å². The zero-order valence-corrected chi connectivity index (χ0v) is 10.7. The molecule has 0 unspecified atom stereocenters. The third-order valence-electron chi connectivity index (χ3n) is 3.01. The van der Waals surface area contributed by atoms with E-state index in [1.165, 1.54) is 7.11 Å². The number of rotatable bonds is 5. The molecule has 0 saturated carbocycles. The second-order valence-corrected chi connectivity index (χ2v) is 4.33. The van der Waals surface area contributed by atoms with Gasteiger partial charge in [0.25, 0.3) is 0 Å².